The average molecular weight is 178 g/mol. The highest BCUT2D eigenvalue weighted by atomic mass is 35.5. The van der Waals surface area contributed by atoms with Crippen molar-refractivity contribution in [1.29, 1.82) is 0 Å². The van der Waals surface area contributed by atoms with Gasteiger partial charge in [-0.25, -0.2) is 0 Å². The molecule has 1 aliphatic heterocycles. The molecular weight excluding hydrogens is 166 g/mol. The highest BCUT2D eigenvalue weighted by molar-refractivity contribution is 5.85. The molecule has 11 heavy (non-hydrogen) atoms. The van der Waals surface area contributed by atoms with Gasteiger partial charge in [-0.15, -0.1) is 12.4 Å². The summed E-state index contributed by atoms with van der Waals surface area (Å²) in [5.74, 6) is 0.544. The van der Waals surface area contributed by atoms with Crippen LogP contribution in [0.15, 0.2) is 0 Å². The third-order valence-electron chi connectivity index (χ3n) is 2.66. The number of methoxy groups -OCH3 is 1. The van der Waals surface area contributed by atoms with Gasteiger partial charge in [0, 0.05) is 6.54 Å². The minimum atomic E-state index is -0.102. The SMILES string of the molecule is COC(=O)C12CNCC1C2.Cl. The van der Waals surface area contributed by atoms with Crippen molar-refractivity contribution < 1.29 is 9.53 Å². The van der Waals surface area contributed by atoms with Gasteiger partial charge in [0.2, 0.25) is 0 Å². The Morgan fingerprint density at radius 1 is 1.73 bits per heavy atom. The Morgan fingerprint density at radius 2 is 2.45 bits per heavy atom. The fourth-order valence-electron chi connectivity index (χ4n) is 1.86. The van der Waals surface area contributed by atoms with E-state index in [1.54, 1.807) is 0 Å². The van der Waals surface area contributed by atoms with E-state index in [9.17, 15) is 4.79 Å². The number of carbonyl (C=O) groups excluding carboxylic acids is 1. The molecule has 0 aromatic rings. The first-order valence-electron chi connectivity index (χ1n) is 3.59. The molecule has 0 spiro atoms. The van der Waals surface area contributed by atoms with Crippen LogP contribution >= 0.6 is 12.4 Å². The van der Waals surface area contributed by atoms with E-state index in [-0.39, 0.29) is 23.8 Å². The van der Waals surface area contributed by atoms with Gasteiger partial charge in [0.15, 0.2) is 0 Å². The molecule has 0 aromatic heterocycles. The molecule has 1 N–H and O–H groups in total. The number of fused-ring (bicyclic) bond motifs is 1. The molecule has 2 unspecified atom stereocenters. The molecule has 1 saturated heterocycles. The Morgan fingerprint density at radius 3 is 2.82 bits per heavy atom. The number of carbonyl (C=O) groups is 1. The molecule has 2 aliphatic rings. The van der Waals surface area contributed by atoms with Gasteiger partial charge in [0.1, 0.15) is 0 Å². The smallest absolute Gasteiger partial charge is 0.313 e. The topological polar surface area (TPSA) is 38.3 Å². The summed E-state index contributed by atoms with van der Waals surface area (Å²) in [7, 11) is 1.46. The monoisotopic (exact) mass is 177 g/mol. The molecule has 64 valence electrons. The van der Waals surface area contributed by atoms with E-state index < -0.39 is 0 Å². The predicted molar refractivity (Wildman–Crippen MR) is 42.7 cm³/mol. The third-order valence-corrected chi connectivity index (χ3v) is 2.66. The summed E-state index contributed by atoms with van der Waals surface area (Å²) in [5.41, 5.74) is -0.102. The van der Waals surface area contributed by atoms with Gasteiger partial charge < -0.3 is 10.1 Å². The summed E-state index contributed by atoms with van der Waals surface area (Å²) >= 11 is 0. The van der Waals surface area contributed by atoms with Crippen molar-refractivity contribution in [2.75, 3.05) is 20.2 Å². The van der Waals surface area contributed by atoms with Crippen LogP contribution in [0.4, 0.5) is 0 Å². The van der Waals surface area contributed by atoms with Crippen LogP contribution in [0.2, 0.25) is 0 Å². The summed E-state index contributed by atoms with van der Waals surface area (Å²) in [6.07, 6.45) is 1.03. The summed E-state index contributed by atoms with van der Waals surface area (Å²) in [6.45, 7) is 1.82. The summed E-state index contributed by atoms with van der Waals surface area (Å²) in [5, 5.41) is 3.18. The fourth-order valence-corrected chi connectivity index (χ4v) is 1.86. The lowest BCUT2D eigenvalue weighted by Crippen LogP contribution is -2.24. The molecule has 0 radical (unpaired) electrons. The minimum Gasteiger partial charge on any atom is -0.469 e. The third kappa shape index (κ3) is 1.03. The van der Waals surface area contributed by atoms with E-state index >= 15 is 0 Å². The van der Waals surface area contributed by atoms with E-state index in [1.807, 2.05) is 0 Å². The first kappa shape index (κ1) is 8.81. The highest BCUT2D eigenvalue weighted by Crippen LogP contribution is 2.55. The molecule has 1 aliphatic carbocycles. The van der Waals surface area contributed by atoms with E-state index in [2.05, 4.69) is 5.32 Å². The van der Waals surface area contributed by atoms with Gasteiger partial charge >= 0.3 is 5.97 Å². The van der Waals surface area contributed by atoms with Crippen molar-refractivity contribution in [3.8, 4) is 0 Å². The molecule has 2 fully saturated rings. The van der Waals surface area contributed by atoms with E-state index in [0.717, 1.165) is 19.5 Å². The number of hydrogen-bond acceptors (Lipinski definition) is 3. The molecule has 2 atom stereocenters. The molecule has 0 aromatic carbocycles. The Labute approximate surface area is 71.9 Å². The molecule has 2 rings (SSSR count). The van der Waals surface area contributed by atoms with Crippen molar-refractivity contribution in [3.63, 3.8) is 0 Å². The second kappa shape index (κ2) is 2.64. The number of nitrogens with one attached hydrogen (secondary N) is 1. The van der Waals surface area contributed by atoms with Gasteiger partial charge in [-0.05, 0) is 18.9 Å². The maximum atomic E-state index is 11.1. The van der Waals surface area contributed by atoms with E-state index in [4.69, 9.17) is 4.74 Å². The number of piperidine rings is 1. The van der Waals surface area contributed by atoms with Crippen molar-refractivity contribution in [2.24, 2.45) is 11.3 Å². The zero-order chi connectivity index (χ0) is 7.19. The first-order valence-corrected chi connectivity index (χ1v) is 3.59. The maximum absolute atomic E-state index is 11.1. The van der Waals surface area contributed by atoms with Crippen LogP contribution in [-0.4, -0.2) is 26.2 Å². The highest BCUT2D eigenvalue weighted by Gasteiger charge is 2.63. The number of halogens is 1. The molecule has 4 heteroatoms. The summed E-state index contributed by atoms with van der Waals surface area (Å²) < 4.78 is 4.70. The Kier molecular flexibility index (Phi) is 2.12. The van der Waals surface area contributed by atoms with Crippen molar-refractivity contribution in [3.05, 3.63) is 0 Å². The van der Waals surface area contributed by atoms with Gasteiger partial charge in [0.25, 0.3) is 0 Å². The van der Waals surface area contributed by atoms with E-state index in [0.29, 0.717) is 5.92 Å². The Balaban J connectivity index is 0.000000605. The molecule has 0 bridgehead atoms. The van der Waals surface area contributed by atoms with Crippen molar-refractivity contribution >= 4 is 18.4 Å². The molecular formula is C7H12ClNO2. The standard InChI is InChI=1S/C7H11NO2.ClH/c1-10-6(9)7-2-5(7)3-8-4-7;/h5,8H,2-4H2,1H3;1H. The van der Waals surface area contributed by atoms with Gasteiger partial charge in [-0.3, -0.25) is 4.79 Å². The lowest BCUT2D eigenvalue weighted by molar-refractivity contribution is -0.146. The van der Waals surface area contributed by atoms with Crippen LogP contribution < -0.4 is 5.32 Å². The van der Waals surface area contributed by atoms with Gasteiger partial charge in [-0.2, -0.15) is 0 Å². The number of hydrogen-bond donors (Lipinski definition) is 1. The lowest BCUT2D eigenvalue weighted by Gasteiger charge is -2.06. The zero-order valence-corrected chi connectivity index (χ0v) is 7.24. The largest absolute Gasteiger partial charge is 0.469 e. The molecule has 1 heterocycles. The Bertz CT molecular complexity index is 185. The second-order valence-electron chi connectivity index (χ2n) is 3.18. The number of rotatable bonds is 1. The van der Waals surface area contributed by atoms with Crippen LogP contribution in [0.1, 0.15) is 6.42 Å². The van der Waals surface area contributed by atoms with Crippen LogP contribution in [-0.2, 0) is 9.53 Å². The van der Waals surface area contributed by atoms with Gasteiger partial charge in [-0.1, -0.05) is 0 Å². The predicted octanol–water partition coefficient (Wildman–Crippen LogP) is 0.191. The molecule has 1 saturated carbocycles. The quantitative estimate of drug-likeness (QED) is 0.582. The number of ether oxygens (including phenoxy) is 1. The first-order chi connectivity index (χ1) is 4.79. The average Bonchev–Trinajstić information content (AvgIpc) is 2.54. The van der Waals surface area contributed by atoms with Crippen molar-refractivity contribution in [2.45, 2.75) is 6.42 Å². The van der Waals surface area contributed by atoms with Crippen LogP contribution in [0, 0.1) is 11.3 Å². The Hall–Kier alpha value is -0.280. The normalized spacial score (nSPS) is 38.8. The second-order valence-corrected chi connectivity index (χ2v) is 3.18. The maximum Gasteiger partial charge on any atom is 0.313 e. The molecule has 3 nitrogen and oxygen atoms in total. The van der Waals surface area contributed by atoms with Crippen LogP contribution in [0.25, 0.3) is 0 Å². The zero-order valence-electron chi connectivity index (χ0n) is 6.42. The van der Waals surface area contributed by atoms with Crippen molar-refractivity contribution in [1.82, 2.24) is 5.32 Å². The molecule has 0 amide bonds. The summed E-state index contributed by atoms with van der Waals surface area (Å²) in [4.78, 5) is 11.1. The van der Waals surface area contributed by atoms with E-state index in [1.165, 1.54) is 7.11 Å². The fraction of sp³-hybridized carbons (Fsp3) is 0.857. The summed E-state index contributed by atoms with van der Waals surface area (Å²) in [6, 6.07) is 0. The lowest BCUT2D eigenvalue weighted by atomic mass is 10.1. The van der Waals surface area contributed by atoms with Crippen LogP contribution in [0.5, 0.6) is 0 Å². The van der Waals surface area contributed by atoms with Crippen LogP contribution in [0.3, 0.4) is 0 Å². The number of esters is 1. The van der Waals surface area contributed by atoms with Gasteiger partial charge in [0.05, 0.1) is 12.5 Å². The minimum absolute atomic E-state index is 0.